The molecule has 3 aromatic carbocycles. The van der Waals surface area contributed by atoms with E-state index in [-0.39, 0.29) is 18.1 Å². The Morgan fingerprint density at radius 1 is 0.971 bits per heavy atom. The van der Waals surface area contributed by atoms with Crippen LogP contribution in [0, 0.1) is 12.7 Å². The van der Waals surface area contributed by atoms with Crippen LogP contribution in [0.4, 0.5) is 10.1 Å². The Bertz CT molecular complexity index is 1250. The van der Waals surface area contributed by atoms with E-state index in [4.69, 9.17) is 0 Å². The molecule has 3 aromatic rings. The van der Waals surface area contributed by atoms with Crippen molar-refractivity contribution in [3.63, 3.8) is 0 Å². The first-order valence-electron chi connectivity index (χ1n) is 11.1. The molecule has 0 atom stereocenters. The van der Waals surface area contributed by atoms with Crippen LogP contribution < -0.4 is 9.62 Å². The van der Waals surface area contributed by atoms with Crippen molar-refractivity contribution < 1.29 is 17.6 Å². The number of para-hydroxylation sites is 1. The topological polar surface area (TPSA) is 69.7 Å². The first kappa shape index (κ1) is 26.7. The standard InChI is InChI=1S/C26H30FN3O3S2/c1-20-7-6-8-22(17-20)19-34-16-15-28-26(31)23-13-11-21(12-14-23)18-30(35(32,33)29(2)3)25-10-5-4-9-24(25)27/h4-14,17H,15-16,18-19H2,1-3H3,(H,28,31). The van der Waals surface area contributed by atoms with E-state index in [1.54, 1.807) is 42.1 Å². The van der Waals surface area contributed by atoms with Crippen LogP contribution in [0.2, 0.25) is 0 Å². The zero-order valence-corrected chi connectivity index (χ0v) is 21.7. The Hall–Kier alpha value is -2.88. The Morgan fingerprint density at radius 2 is 1.69 bits per heavy atom. The van der Waals surface area contributed by atoms with Crippen molar-refractivity contribution in [3.8, 4) is 0 Å². The number of carbonyl (C=O) groups excluding carboxylic acids is 1. The molecule has 0 aromatic heterocycles. The highest BCUT2D eigenvalue weighted by Gasteiger charge is 2.27. The number of aryl methyl sites for hydroxylation is 1. The summed E-state index contributed by atoms with van der Waals surface area (Å²) in [7, 11) is -1.14. The molecule has 0 spiro atoms. The number of nitrogens with one attached hydrogen (secondary N) is 1. The van der Waals surface area contributed by atoms with Crippen LogP contribution in [0.5, 0.6) is 0 Å². The molecule has 0 saturated heterocycles. The van der Waals surface area contributed by atoms with Crippen molar-refractivity contribution in [2.45, 2.75) is 19.2 Å². The second-order valence-corrected chi connectivity index (χ2v) is 11.4. The Balaban J connectivity index is 1.58. The summed E-state index contributed by atoms with van der Waals surface area (Å²) in [5.74, 6) is 0.854. The fourth-order valence-electron chi connectivity index (χ4n) is 3.40. The van der Waals surface area contributed by atoms with Gasteiger partial charge in [-0.3, -0.25) is 9.10 Å². The van der Waals surface area contributed by atoms with Gasteiger partial charge in [0, 0.05) is 37.7 Å². The average Bonchev–Trinajstić information content (AvgIpc) is 2.83. The Kier molecular flexibility index (Phi) is 9.31. The van der Waals surface area contributed by atoms with Crippen LogP contribution in [0.15, 0.2) is 72.8 Å². The fraction of sp³-hybridized carbons (Fsp3) is 0.269. The summed E-state index contributed by atoms with van der Waals surface area (Å²) < 4.78 is 42.2. The first-order chi connectivity index (χ1) is 16.7. The number of rotatable bonds is 11. The molecule has 0 radical (unpaired) electrons. The zero-order valence-electron chi connectivity index (χ0n) is 20.1. The normalized spacial score (nSPS) is 11.5. The lowest BCUT2D eigenvalue weighted by molar-refractivity contribution is 0.0956. The molecule has 0 fully saturated rings. The number of thioether (sulfide) groups is 1. The smallest absolute Gasteiger partial charge is 0.303 e. The predicted octanol–water partition coefficient (Wildman–Crippen LogP) is 4.61. The van der Waals surface area contributed by atoms with E-state index in [2.05, 4.69) is 30.4 Å². The third-order valence-corrected chi connectivity index (χ3v) is 8.12. The summed E-state index contributed by atoms with van der Waals surface area (Å²) >= 11 is 1.75. The molecule has 0 heterocycles. The first-order valence-corrected chi connectivity index (χ1v) is 13.7. The molecule has 35 heavy (non-hydrogen) atoms. The van der Waals surface area contributed by atoms with Crippen LogP contribution in [0.25, 0.3) is 0 Å². The summed E-state index contributed by atoms with van der Waals surface area (Å²) in [6, 6.07) is 20.8. The monoisotopic (exact) mass is 515 g/mol. The molecule has 0 bridgehead atoms. The van der Waals surface area contributed by atoms with Crippen LogP contribution in [0.3, 0.4) is 0 Å². The summed E-state index contributed by atoms with van der Waals surface area (Å²) in [6.45, 7) is 2.54. The number of carbonyl (C=O) groups is 1. The largest absolute Gasteiger partial charge is 0.351 e. The minimum Gasteiger partial charge on any atom is -0.351 e. The minimum atomic E-state index is -3.93. The lowest BCUT2D eigenvalue weighted by Gasteiger charge is -2.27. The van der Waals surface area contributed by atoms with E-state index < -0.39 is 16.0 Å². The number of nitrogens with zero attached hydrogens (tertiary/aromatic N) is 2. The minimum absolute atomic E-state index is 0.0359. The van der Waals surface area contributed by atoms with E-state index in [1.807, 2.05) is 6.07 Å². The van der Waals surface area contributed by atoms with Crippen molar-refractivity contribution >= 4 is 33.6 Å². The van der Waals surface area contributed by atoms with Crippen molar-refractivity contribution in [2.24, 2.45) is 0 Å². The van der Waals surface area contributed by atoms with E-state index in [0.29, 0.717) is 17.7 Å². The van der Waals surface area contributed by atoms with Gasteiger partial charge in [-0.05, 0) is 42.3 Å². The molecule has 0 aliphatic carbocycles. The van der Waals surface area contributed by atoms with Gasteiger partial charge in [0.25, 0.3) is 5.91 Å². The Morgan fingerprint density at radius 3 is 2.34 bits per heavy atom. The molecule has 186 valence electrons. The number of amides is 1. The lowest BCUT2D eigenvalue weighted by Crippen LogP contribution is -2.40. The maximum Gasteiger partial charge on any atom is 0.303 e. The van der Waals surface area contributed by atoms with Crippen molar-refractivity contribution in [1.82, 2.24) is 9.62 Å². The molecule has 0 unspecified atom stereocenters. The van der Waals surface area contributed by atoms with Crippen LogP contribution in [-0.4, -0.2) is 45.0 Å². The molecule has 6 nitrogen and oxygen atoms in total. The molecule has 0 aliphatic rings. The van der Waals surface area contributed by atoms with Crippen LogP contribution in [0.1, 0.15) is 27.0 Å². The molecule has 3 rings (SSSR count). The van der Waals surface area contributed by atoms with E-state index in [1.165, 1.54) is 43.4 Å². The maximum absolute atomic E-state index is 14.4. The quantitative estimate of drug-likeness (QED) is 0.379. The van der Waals surface area contributed by atoms with Gasteiger partial charge in [0.05, 0.1) is 12.2 Å². The molecule has 0 aliphatic heterocycles. The molecular weight excluding hydrogens is 485 g/mol. The van der Waals surface area contributed by atoms with Gasteiger partial charge >= 0.3 is 10.2 Å². The number of anilines is 1. The van der Waals surface area contributed by atoms with Gasteiger partial charge in [0.1, 0.15) is 5.82 Å². The van der Waals surface area contributed by atoms with Crippen molar-refractivity contribution in [2.75, 3.05) is 30.7 Å². The number of hydrogen-bond donors (Lipinski definition) is 1. The SMILES string of the molecule is Cc1cccc(CSCCNC(=O)c2ccc(CN(c3ccccc3F)S(=O)(=O)N(C)C)cc2)c1. The third-order valence-electron chi connectivity index (χ3n) is 5.29. The van der Waals surface area contributed by atoms with Crippen molar-refractivity contribution in [3.05, 3.63) is 101 Å². The summed E-state index contributed by atoms with van der Waals surface area (Å²) in [5, 5.41) is 2.91. The second kappa shape index (κ2) is 12.2. The van der Waals surface area contributed by atoms with E-state index in [9.17, 15) is 17.6 Å². The van der Waals surface area contributed by atoms with E-state index in [0.717, 1.165) is 20.1 Å². The fourth-order valence-corrected chi connectivity index (χ4v) is 5.31. The van der Waals surface area contributed by atoms with E-state index >= 15 is 0 Å². The van der Waals surface area contributed by atoms with Gasteiger partial charge in [0.15, 0.2) is 0 Å². The molecule has 1 N–H and O–H groups in total. The van der Waals surface area contributed by atoms with Gasteiger partial charge in [-0.2, -0.15) is 24.5 Å². The zero-order chi connectivity index (χ0) is 25.4. The number of benzene rings is 3. The average molecular weight is 516 g/mol. The predicted molar refractivity (Wildman–Crippen MR) is 141 cm³/mol. The second-order valence-electron chi connectivity index (χ2n) is 8.24. The summed E-state index contributed by atoms with van der Waals surface area (Å²) in [6.07, 6.45) is 0. The van der Waals surface area contributed by atoms with Crippen molar-refractivity contribution in [1.29, 1.82) is 0 Å². The van der Waals surface area contributed by atoms with Crippen LogP contribution in [-0.2, 0) is 22.5 Å². The van der Waals surface area contributed by atoms with Gasteiger partial charge < -0.3 is 5.32 Å². The van der Waals surface area contributed by atoms with Gasteiger partial charge in [-0.1, -0.05) is 54.1 Å². The third kappa shape index (κ3) is 7.30. The van der Waals surface area contributed by atoms with Gasteiger partial charge in [-0.25, -0.2) is 4.39 Å². The van der Waals surface area contributed by atoms with Gasteiger partial charge in [-0.15, -0.1) is 0 Å². The molecule has 0 saturated carbocycles. The highest BCUT2D eigenvalue weighted by atomic mass is 32.2. The molecule has 1 amide bonds. The highest BCUT2D eigenvalue weighted by Crippen LogP contribution is 2.25. The summed E-state index contributed by atoms with van der Waals surface area (Å²) in [5.41, 5.74) is 3.56. The summed E-state index contributed by atoms with van der Waals surface area (Å²) in [4.78, 5) is 12.5. The number of hydrogen-bond acceptors (Lipinski definition) is 4. The van der Waals surface area contributed by atoms with Crippen LogP contribution >= 0.6 is 11.8 Å². The lowest BCUT2D eigenvalue weighted by atomic mass is 10.1. The molecular formula is C26H30FN3O3S2. The van der Waals surface area contributed by atoms with Gasteiger partial charge in [0.2, 0.25) is 0 Å². The Labute approximate surface area is 211 Å². The number of halogens is 1. The maximum atomic E-state index is 14.4. The molecule has 9 heteroatoms. The highest BCUT2D eigenvalue weighted by molar-refractivity contribution is 7.98.